The molecule has 7 nitrogen and oxygen atoms in total. The minimum Gasteiger partial charge on any atom is -0.297 e. The number of hydrogen-bond acceptors (Lipinski definition) is 7. The number of piperidine rings is 1. The quantitative estimate of drug-likeness (QED) is 0.716. The van der Waals surface area contributed by atoms with Gasteiger partial charge in [-0.3, -0.25) is 4.90 Å². The summed E-state index contributed by atoms with van der Waals surface area (Å²) in [6, 6.07) is 3.97. The van der Waals surface area contributed by atoms with Crippen LogP contribution in [0.4, 0.5) is 0 Å². The Hall–Kier alpha value is -1.93. The first-order chi connectivity index (χ1) is 12.3. The number of rotatable bonds is 4. The van der Waals surface area contributed by atoms with Crippen LogP contribution in [0.1, 0.15) is 59.1 Å². The molecular formula is C17H21N7S. The Labute approximate surface area is 150 Å². The van der Waals surface area contributed by atoms with Gasteiger partial charge < -0.3 is 0 Å². The highest BCUT2D eigenvalue weighted by Gasteiger charge is 2.29. The van der Waals surface area contributed by atoms with Gasteiger partial charge in [-0.25, -0.2) is 0 Å². The smallest absolute Gasteiger partial charge is 0.177 e. The molecule has 0 radical (unpaired) electrons. The summed E-state index contributed by atoms with van der Waals surface area (Å²) >= 11 is 1.80. The van der Waals surface area contributed by atoms with Gasteiger partial charge in [-0.1, -0.05) is 11.3 Å². The van der Waals surface area contributed by atoms with Gasteiger partial charge in [0.05, 0.1) is 12.2 Å². The fourth-order valence-corrected chi connectivity index (χ4v) is 4.57. The molecule has 1 aliphatic heterocycles. The average Bonchev–Trinajstić information content (AvgIpc) is 3.23. The Morgan fingerprint density at radius 1 is 1.00 bits per heavy atom. The van der Waals surface area contributed by atoms with E-state index in [4.69, 9.17) is 0 Å². The normalized spacial score (nSPS) is 19.7. The van der Waals surface area contributed by atoms with Gasteiger partial charge in [0, 0.05) is 11.8 Å². The number of aromatic nitrogens is 6. The number of hydrogen-bond donors (Lipinski definition) is 0. The minimum atomic E-state index is 0.428. The Kier molecular flexibility index (Phi) is 3.74. The van der Waals surface area contributed by atoms with Crippen LogP contribution >= 0.6 is 11.3 Å². The van der Waals surface area contributed by atoms with E-state index in [1.807, 2.05) is 23.6 Å². The third-order valence-electron chi connectivity index (χ3n) is 5.14. The molecule has 0 bridgehead atoms. The molecule has 1 saturated heterocycles. The maximum absolute atomic E-state index is 4.58. The van der Waals surface area contributed by atoms with Crippen molar-refractivity contribution in [1.82, 2.24) is 34.9 Å². The van der Waals surface area contributed by atoms with Crippen molar-refractivity contribution in [1.29, 1.82) is 0 Å². The van der Waals surface area contributed by atoms with Crippen molar-refractivity contribution >= 4 is 17.0 Å². The van der Waals surface area contributed by atoms with Gasteiger partial charge in [-0.05, 0) is 57.8 Å². The van der Waals surface area contributed by atoms with Gasteiger partial charge in [-0.2, -0.15) is 9.61 Å². The summed E-state index contributed by atoms with van der Waals surface area (Å²) in [6.45, 7) is 5.05. The predicted molar refractivity (Wildman–Crippen MR) is 94.7 cm³/mol. The summed E-state index contributed by atoms with van der Waals surface area (Å²) < 4.78 is 1.92. The number of nitrogens with zero attached hydrogens (tertiary/aromatic N) is 7. The molecule has 4 heterocycles. The van der Waals surface area contributed by atoms with E-state index in [2.05, 4.69) is 30.4 Å². The van der Waals surface area contributed by atoms with Gasteiger partial charge in [0.25, 0.3) is 0 Å². The van der Waals surface area contributed by atoms with E-state index in [0.717, 1.165) is 54.6 Å². The first-order valence-electron chi connectivity index (χ1n) is 9.00. The van der Waals surface area contributed by atoms with Crippen LogP contribution in [0.3, 0.4) is 0 Å². The van der Waals surface area contributed by atoms with Gasteiger partial charge in [0.1, 0.15) is 10.0 Å². The Bertz CT molecular complexity index is 889. The Morgan fingerprint density at radius 3 is 2.64 bits per heavy atom. The molecule has 0 spiro atoms. The number of aryl methyl sites for hydroxylation is 1. The van der Waals surface area contributed by atoms with E-state index < -0.39 is 0 Å². The summed E-state index contributed by atoms with van der Waals surface area (Å²) in [5.74, 6) is 2.14. The van der Waals surface area contributed by atoms with Crippen molar-refractivity contribution < 1.29 is 0 Å². The first kappa shape index (κ1) is 15.3. The molecule has 5 rings (SSSR count). The van der Waals surface area contributed by atoms with Crippen LogP contribution in [0.25, 0.3) is 5.65 Å². The third kappa shape index (κ3) is 3.04. The number of likely N-dealkylation sites (tertiary alicyclic amines) is 1. The van der Waals surface area contributed by atoms with Crippen molar-refractivity contribution in [3.05, 3.63) is 33.7 Å². The number of fused-ring (bicyclic) bond motifs is 1. The first-order valence-corrected chi connectivity index (χ1v) is 9.81. The van der Waals surface area contributed by atoms with Gasteiger partial charge in [0.2, 0.25) is 0 Å². The molecule has 2 fully saturated rings. The maximum Gasteiger partial charge on any atom is 0.177 e. The molecular weight excluding hydrogens is 334 g/mol. The van der Waals surface area contributed by atoms with Crippen molar-refractivity contribution in [2.45, 2.75) is 51.0 Å². The second kappa shape index (κ2) is 6.10. The van der Waals surface area contributed by atoms with E-state index in [1.54, 1.807) is 11.3 Å². The van der Waals surface area contributed by atoms with E-state index in [0.29, 0.717) is 11.8 Å². The largest absolute Gasteiger partial charge is 0.297 e. The van der Waals surface area contributed by atoms with Crippen LogP contribution in [0.2, 0.25) is 0 Å². The van der Waals surface area contributed by atoms with Gasteiger partial charge in [0.15, 0.2) is 11.5 Å². The van der Waals surface area contributed by atoms with E-state index in [-0.39, 0.29) is 0 Å². The standard InChI is InChI=1S/C17H21N7S/c1-11-2-5-14-18-20-16(24(14)22-11)12-6-8-23(9-7-12)10-15-19-21-17(25-15)13-3-4-13/h2,5,12-13H,3-4,6-10H2,1H3. The second-order valence-electron chi connectivity index (χ2n) is 7.16. The van der Waals surface area contributed by atoms with Gasteiger partial charge >= 0.3 is 0 Å². The van der Waals surface area contributed by atoms with Crippen molar-refractivity contribution in [2.75, 3.05) is 13.1 Å². The summed E-state index contributed by atoms with van der Waals surface area (Å²) in [5, 5.41) is 24.4. The lowest BCUT2D eigenvalue weighted by atomic mass is 9.96. The van der Waals surface area contributed by atoms with Crippen LogP contribution in [-0.4, -0.2) is 48.0 Å². The molecule has 0 aromatic carbocycles. The van der Waals surface area contributed by atoms with Crippen molar-refractivity contribution in [3.8, 4) is 0 Å². The topological polar surface area (TPSA) is 72.1 Å². The lowest BCUT2D eigenvalue weighted by molar-refractivity contribution is 0.200. The average molecular weight is 355 g/mol. The fraction of sp³-hybridized carbons (Fsp3) is 0.588. The molecule has 0 unspecified atom stereocenters. The predicted octanol–water partition coefficient (Wildman–Crippen LogP) is 2.54. The zero-order valence-corrected chi connectivity index (χ0v) is 15.1. The zero-order valence-electron chi connectivity index (χ0n) is 14.3. The summed E-state index contributed by atoms with van der Waals surface area (Å²) in [6.07, 6.45) is 4.76. The molecule has 3 aromatic rings. The summed E-state index contributed by atoms with van der Waals surface area (Å²) in [7, 11) is 0. The molecule has 1 aliphatic carbocycles. The lowest BCUT2D eigenvalue weighted by Gasteiger charge is -2.30. The molecule has 8 heteroatoms. The van der Waals surface area contributed by atoms with Crippen LogP contribution in [-0.2, 0) is 6.54 Å². The highest BCUT2D eigenvalue weighted by atomic mass is 32.1. The van der Waals surface area contributed by atoms with Crippen LogP contribution in [0.15, 0.2) is 12.1 Å². The zero-order chi connectivity index (χ0) is 16.8. The highest BCUT2D eigenvalue weighted by molar-refractivity contribution is 7.11. The fourth-order valence-electron chi connectivity index (χ4n) is 3.52. The van der Waals surface area contributed by atoms with Crippen LogP contribution in [0, 0.1) is 6.92 Å². The third-order valence-corrected chi connectivity index (χ3v) is 6.21. The minimum absolute atomic E-state index is 0.428. The SMILES string of the molecule is Cc1ccc2nnc(C3CCN(Cc4nnc(C5CC5)s4)CC3)n2n1. The Balaban J connectivity index is 1.25. The molecule has 1 saturated carbocycles. The molecule has 130 valence electrons. The van der Waals surface area contributed by atoms with E-state index >= 15 is 0 Å². The summed E-state index contributed by atoms with van der Waals surface area (Å²) in [4.78, 5) is 2.48. The Morgan fingerprint density at radius 2 is 1.84 bits per heavy atom. The lowest BCUT2D eigenvalue weighted by Crippen LogP contribution is -2.33. The second-order valence-corrected chi connectivity index (χ2v) is 8.26. The highest BCUT2D eigenvalue weighted by Crippen LogP contribution is 2.41. The van der Waals surface area contributed by atoms with Crippen molar-refractivity contribution in [3.63, 3.8) is 0 Å². The molecule has 25 heavy (non-hydrogen) atoms. The van der Waals surface area contributed by atoms with Crippen molar-refractivity contribution in [2.24, 2.45) is 0 Å². The van der Waals surface area contributed by atoms with E-state index in [9.17, 15) is 0 Å². The molecule has 0 N–H and O–H groups in total. The molecule has 2 aliphatic rings. The monoisotopic (exact) mass is 355 g/mol. The van der Waals surface area contributed by atoms with Gasteiger partial charge in [-0.15, -0.1) is 20.4 Å². The molecule has 3 aromatic heterocycles. The molecule has 0 amide bonds. The van der Waals surface area contributed by atoms with E-state index in [1.165, 1.54) is 17.8 Å². The molecule has 0 atom stereocenters. The summed E-state index contributed by atoms with van der Waals surface area (Å²) in [5.41, 5.74) is 1.83. The maximum atomic E-state index is 4.58. The van der Waals surface area contributed by atoms with Crippen LogP contribution in [0.5, 0.6) is 0 Å². The van der Waals surface area contributed by atoms with Crippen LogP contribution < -0.4 is 0 Å².